The standard InChI is InChI=1S/C25H21FN2O2/c1-17-7-12-23(13-18(17)2)28-25(29)21(15-27)14-20-5-3-4-6-24(20)30-16-19-8-10-22(26)11-9-19/h3-14H,16H2,1-2H3,(H,28,29)/b21-14+. The van der Waals surface area contributed by atoms with Crippen LogP contribution in [0.1, 0.15) is 22.3 Å². The van der Waals surface area contributed by atoms with Crippen molar-refractivity contribution >= 4 is 17.7 Å². The first-order valence-electron chi connectivity index (χ1n) is 9.43. The molecule has 0 fully saturated rings. The molecule has 1 N–H and O–H groups in total. The second-order valence-corrected chi connectivity index (χ2v) is 6.88. The van der Waals surface area contributed by atoms with Crippen LogP contribution >= 0.6 is 0 Å². The van der Waals surface area contributed by atoms with E-state index in [1.807, 2.05) is 32.0 Å². The van der Waals surface area contributed by atoms with Crippen molar-refractivity contribution in [1.29, 1.82) is 5.26 Å². The maximum absolute atomic E-state index is 13.1. The van der Waals surface area contributed by atoms with Crippen LogP contribution in [0.25, 0.3) is 6.08 Å². The monoisotopic (exact) mass is 400 g/mol. The Hall–Kier alpha value is -3.91. The maximum atomic E-state index is 13.1. The van der Waals surface area contributed by atoms with E-state index in [9.17, 15) is 14.4 Å². The summed E-state index contributed by atoms with van der Waals surface area (Å²) in [4.78, 5) is 12.6. The molecule has 3 aromatic carbocycles. The third-order valence-corrected chi connectivity index (χ3v) is 4.66. The van der Waals surface area contributed by atoms with E-state index in [1.165, 1.54) is 18.2 Å². The van der Waals surface area contributed by atoms with Crippen LogP contribution in [0, 0.1) is 31.0 Å². The summed E-state index contributed by atoms with van der Waals surface area (Å²) in [6.45, 7) is 4.19. The Morgan fingerprint density at radius 2 is 1.80 bits per heavy atom. The molecule has 0 saturated heterocycles. The number of rotatable bonds is 6. The molecule has 3 rings (SSSR count). The predicted molar refractivity (Wildman–Crippen MR) is 115 cm³/mol. The molecule has 150 valence electrons. The van der Waals surface area contributed by atoms with Gasteiger partial charge in [0.25, 0.3) is 5.91 Å². The van der Waals surface area contributed by atoms with Crippen molar-refractivity contribution in [3.63, 3.8) is 0 Å². The Morgan fingerprint density at radius 3 is 2.50 bits per heavy atom. The molecule has 0 spiro atoms. The molecule has 0 unspecified atom stereocenters. The van der Waals surface area contributed by atoms with Crippen LogP contribution in [0.3, 0.4) is 0 Å². The van der Waals surface area contributed by atoms with Crippen LogP contribution in [-0.4, -0.2) is 5.91 Å². The van der Waals surface area contributed by atoms with E-state index < -0.39 is 5.91 Å². The summed E-state index contributed by atoms with van der Waals surface area (Å²) in [5, 5.41) is 12.3. The minimum Gasteiger partial charge on any atom is -0.488 e. The Morgan fingerprint density at radius 1 is 1.07 bits per heavy atom. The van der Waals surface area contributed by atoms with E-state index in [-0.39, 0.29) is 18.0 Å². The van der Waals surface area contributed by atoms with Gasteiger partial charge >= 0.3 is 0 Å². The van der Waals surface area contributed by atoms with Gasteiger partial charge in [-0.3, -0.25) is 4.79 Å². The molecule has 1 amide bonds. The number of amides is 1. The molecule has 0 saturated carbocycles. The molecule has 0 bridgehead atoms. The number of carbonyl (C=O) groups excluding carboxylic acids is 1. The van der Waals surface area contributed by atoms with Gasteiger partial charge in [0, 0.05) is 11.3 Å². The van der Waals surface area contributed by atoms with Gasteiger partial charge in [-0.25, -0.2) is 4.39 Å². The summed E-state index contributed by atoms with van der Waals surface area (Å²) in [7, 11) is 0. The molecule has 3 aromatic rings. The van der Waals surface area contributed by atoms with Crippen molar-refractivity contribution in [1.82, 2.24) is 0 Å². The van der Waals surface area contributed by atoms with Crippen molar-refractivity contribution in [3.05, 3.63) is 100 Å². The summed E-state index contributed by atoms with van der Waals surface area (Å²) < 4.78 is 18.9. The van der Waals surface area contributed by atoms with Gasteiger partial charge in [0.05, 0.1) is 0 Å². The zero-order valence-corrected chi connectivity index (χ0v) is 16.8. The zero-order chi connectivity index (χ0) is 21.5. The number of halogens is 1. The second kappa shape index (κ2) is 9.53. The van der Waals surface area contributed by atoms with Crippen LogP contribution in [0.5, 0.6) is 5.75 Å². The quantitative estimate of drug-likeness (QED) is 0.435. The molecule has 0 atom stereocenters. The Balaban J connectivity index is 1.78. The predicted octanol–water partition coefficient (Wildman–Crippen LogP) is 5.57. The molecule has 0 aliphatic carbocycles. The van der Waals surface area contributed by atoms with Gasteiger partial charge in [0.2, 0.25) is 0 Å². The van der Waals surface area contributed by atoms with Crippen molar-refractivity contribution in [3.8, 4) is 11.8 Å². The van der Waals surface area contributed by atoms with Crippen LogP contribution in [0.2, 0.25) is 0 Å². The Kier molecular flexibility index (Phi) is 6.61. The number of nitrogens with zero attached hydrogens (tertiary/aromatic N) is 1. The lowest BCUT2D eigenvalue weighted by Crippen LogP contribution is -2.13. The van der Waals surface area contributed by atoms with E-state index in [0.717, 1.165) is 16.7 Å². The number of benzene rings is 3. The van der Waals surface area contributed by atoms with Crippen LogP contribution in [0.15, 0.2) is 72.3 Å². The van der Waals surface area contributed by atoms with Crippen LogP contribution in [0.4, 0.5) is 10.1 Å². The SMILES string of the molecule is Cc1ccc(NC(=O)/C(C#N)=C/c2ccccc2OCc2ccc(F)cc2)cc1C. The lowest BCUT2D eigenvalue weighted by Gasteiger charge is -2.10. The van der Waals surface area contributed by atoms with Gasteiger partial charge in [0.1, 0.15) is 29.8 Å². The Labute approximate surface area is 175 Å². The smallest absolute Gasteiger partial charge is 0.266 e. The summed E-state index contributed by atoms with van der Waals surface area (Å²) in [5.74, 6) is -0.279. The molecule has 0 aliphatic rings. The number of anilines is 1. The minimum atomic E-state index is -0.492. The summed E-state index contributed by atoms with van der Waals surface area (Å²) in [6.07, 6.45) is 1.50. The van der Waals surface area contributed by atoms with E-state index in [4.69, 9.17) is 4.74 Å². The molecule has 0 aromatic heterocycles. The zero-order valence-electron chi connectivity index (χ0n) is 16.8. The molecule has 4 nitrogen and oxygen atoms in total. The van der Waals surface area contributed by atoms with Gasteiger partial charge in [-0.2, -0.15) is 5.26 Å². The number of hydrogen-bond acceptors (Lipinski definition) is 3. The van der Waals surface area contributed by atoms with Crippen LogP contribution < -0.4 is 10.1 Å². The van der Waals surface area contributed by atoms with Crippen molar-refractivity contribution in [2.45, 2.75) is 20.5 Å². The first kappa shape index (κ1) is 20.8. The van der Waals surface area contributed by atoms with Crippen molar-refractivity contribution in [2.75, 3.05) is 5.32 Å². The lowest BCUT2D eigenvalue weighted by molar-refractivity contribution is -0.112. The van der Waals surface area contributed by atoms with Crippen molar-refractivity contribution < 1.29 is 13.9 Å². The highest BCUT2D eigenvalue weighted by Gasteiger charge is 2.12. The maximum Gasteiger partial charge on any atom is 0.266 e. The number of aryl methyl sites for hydroxylation is 2. The fraction of sp³-hybridized carbons (Fsp3) is 0.120. The third kappa shape index (κ3) is 5.33. The van der Waals surface area contributed by atoms with Gasteiger partial charge in [-0.05, 0) is 66.9 Å². The number of hydrogen-bond donors (Lipinski definition) is 1. The lowest BCUT2D eigenvalue weighted by atomic mass is 10.1. The highest BCUT2D eigenvalue weighted by atomic mass is 19.1. The molecule has 0 aliphatic heterocycles. The first-order chi connectivity index (χ1) is 14.5. The minimum absolute atomic E-state index is 0.0361. The molecular formula is C25H21FN2O2. The third-order valence-electron chi connectivity index (χ3n) is 4.66. The largest absolute Gasteiger partial charge is 0.488 e. The molecule has 30 heavy (non-hydrogen) atoms. The topological polar surface area (TPSA) is 62.1 Å². The van der Waals surface area contributed by atoms with Crippen LogP contribution in [-0.2, 0) is 11.4 Å². The average molecular weight is 400 g/mol. The molecular weight excluding hydrogens is 379 g/mol. The molecule has 0 radical (unpaired) electrons. The Bertz CT molecular complexity index is 1130. The van der Waals surface area contributed by atoms with Crippen molar-refractivity contribution in [2.24, 2.45) is 0 Å². The average Bonchev–Trinajstić information content (AvgIpc) is 2.75. The highest BCUT2D eigenvalue weighted by molar-refractivity contribution is 6.09. The number of nitriles is 1. The summed E-state index contributed by atoms with van der Waals surface area (Å²) in [6, 6.07) is 20.7. The fourth-order valence-electron chi connectivity index (χ4n) is 2.79. The number of nitrogens with one attached hydrogen (secondary N) is 1. The van der Waals surface area contributed by atoms with Gasteiger partial charge in [-0.15, -0.1) is 0 Å². The van der Waals surface area contributed by atoms with E-state index >= 15 is 0 Å². The molecule has 0 heterocycles. The highest BCUT2D eigenvalue weighted by Crippen LogP contribution is 2.23. The summed E-state index contributed by atoms with van der Waals surface area (Å²) >= 11 is 0. The summed E-state index contributed by atoms with van der Waals surface area (Å²) in [5.41, 5.74) is 4.18. The number of carbonyl (C=O) groups is 1. The first-order valence-corrected chi connectivity index (χ1v) is 9.43. The molecule has 5 heteroatoms. The second-order valence-electron chi connectivity index (χ2n) is 6.88. The normalized spacial score (nSPS) is 10.9. The number of ether oxygens (including phenoxy) is 1. The van der Waals surface area contributed by atoms with Gasteiger partial charge < -0.3 is 10.1 Å². The van der Waals surface area contributed by atoms with E-state index in [2.05, 4.69) is 5.32 Å². The van der Waals surface area contributed by atoms with E-state index in [0.29, 0.717) is 17.0 Å². The van der Waals surface area contributed by atoms with E-state index in [1.54, 1.807) is 42.5 Å². The number of para-hydroxylation sites is 1. The van der Waals surface area contributed by atoms with Gasteiger partial charge in [0.15, 0.2) is 0 Å². The fourth-order valence-corrected chi connectivity index (χ4v) is 2.79. The van der Waals surface area contributed by atoms with Gasteiger partial charge in [-0.1, -0.05) is 36.4 Å².